The van der Waals surface area contributed by atoms with E-state index in [9.17, 15) is 0 Å². The average Bonchev–Trinajstić information content (AvgIpc) is 3.06. The molecule has 0 spiro atoms. The van der Waals surface area contributed by atoms with Crippen LogP contribution in [0.3, 0.4) is 0 Å². The lowest BCUT2D eigenvalue weighted by Gasteiger charge is -2.39. The molecular weight excluding hydrogens is 212 g/mol. The van der Waals surface area contributed by atoms with E-state index in [1.165, 1.54) is 32.2 Å². The van der Waals surface area contributed by atoms with Crippen LogP contribution in [0.5, 0.6) is 0 Å². The van der Waals surface area contributed by atoms with Crippen molar-refractivity contribution < 1.29 is 4.74 Å². The molecule has 0 bridgehead atoms. The first-order chi connectivity index (χ1) is 8.15. The molecule has 3 atom stereocenters. The van der Waals surface area contributed by atoms with Crippen LogP contribution in [-0.4, -0.2) is 48.8 Å². The summed E-state index contributed by atoms with van der Waals surface area (Å²) in [6.45, 7) is 10.1. The predicted molar refractivity (Wildman–Crippen MR) is 71.3 cm³/mol. The molecule has 0 aromatic rings. The Labute approximate surface area is 106 Å². The lowest BCUT2D eigenvalue weighted by Crippen LogP contribution is -2.49. The molecule has 2 aliphatic rings. The van der Waals surface area contributed by atoms with Gasteiger partial charge in [-0.3, -0.25) is 4.90 Å². The molecule has 0 aromatic carbocycles. The summed E-state index contributed by atoms with van der Waals surface area (Å²) in [6, 6.07) is 1.55. The Kier molecular flexibility index (Phi) is 4.83. The summed E-state index contributed by atoms with van der Waals surface area (Å²) in [5.41, 5.74) is 0. The zero-order valence-corrected chi connectivity index (χ0v) is 11.6. The molecule has 1 aliphatic heterocycles. The zero-order valence-electron chi connectivity index (χ0n) is 11.6. The van der Waals surface area contributed by atoms with Gasteiger partial charge in [-0.2, -0.15) is 0 Å². The highest BCUT2D eigenvalue weighted by Crippen LogP contribution is 2.19. The van der Waals surface area contributed by atoms with E-state index in [0.717, 1.165) is 19.1 Å². The SMILES string of the molecule is CC(CCCNC1CC1)N1C[C@@H](C)O[C@@H](C)C1. The Hall–Kier alpha value is -0.120. The van der Waals surface area contributed by atoms with Crippen LogP contribution in [-0.2, 0) is 4.74 Å². The van der Waals surface area contributed by atoms with Crippen LogP contribution in [0.2, 0.25) is 0 Å². The lowest BCUT2D eigenvalue weighted by atomic mass is 10.1. The third kappa shape index (κ3) is 4.57. The van der Waals surface area contributed by atoms with Crippen molar-refractivity contribution >= 4 is 0 Å². The van der Waals surface area contributed by atoms with Gasteiger partial charge in [0.25, 0.3) is 0 Å². The molecule has 1 saturated heterocycles. The van der Waals surface area contributed by atoms with Crippen molar-refractivity contribution in [2.75, 3.05) is 19.6 Å². The summed E-state index contributed by atoms with van der Waals surface area (Å²) < 4.78 is 5.78. The van der Waals surface area contributed by atoms with Gasteiger partial charge in [-0.05, 0) is 53.0 Å². The van der Waals surface area contributed by atoms with Crippen LogP contribution < -0.4 is 5.32 Å². The van der Waals surface area contributed by atoms with Gasteiger partial charge >= 0.3 is 0 Å². The first-order valence-corrected chi connectivity index (χ1v) is 7.28. The minimum atomic E-state index is 0.394. The van der Waals surface area contributed by atoms with Gasteiger partial charge in [-0.15, -0.1) is 0 Å². The first-order valence-electron chi connectivity index (χ1n) is 7.28. The minimum absolute atomic E-state index is 0.394. The molecule has 1 N–H and O–H groups in total. The quantitative estimate of drug-likeness (QED) is 0.719. The predicted octanol–water partition coefficient (Wildman–Crippen LogP) is 2.02. The van der Waals surface area contributed by atoms with Gasteiger partial charge in [-0.25, -0.2) is 0 Å². The van der Waals surface area contributed by atoms with Crippen molar-refractivity contribution in [1.82, 2.24) is 10.2 Å². The largest absolute Gasteiger partial charge is 0.373 e. The van der Waals surface area contributed by atoms with Crippen molar-refractivity contribution in [2.24, 2.45) is 0 Å². The van der Waals surface area contributed by atoms with Gasteiger partial charge in [0.15, 0.2) is 0 Å². The van der Waals surface area contributed by atoms with E-state index in [1.54, 1.807) is 0 Å². The molecule has 2 rings (SSSR count). The van der Waals surface area contributed by atoms with Crippen LogP contribution in [0.15, 0.2) is 0 Å². The summed E-state index contributed by atoms with van der Waals surface area (Å²) >= 11 is 0. The maximum atomic E-state index is 5.78. The van der Waals surface area contributed by atoms with E-state index in [2.05, 4.69) is 31.0 Å². The molecule has 1 aliphatic carbocycles. The number of nitrogens with zero attached hydrogens (tertiary/aromatic N) is 1. The van der Waals surface area contributed by atoms with Crippen molar-refractivity contribution in [2.45, 2.75) is 70.7 Å². The van der Waals surface area contributed by atoms with Gasteiger partial charge in [0, 0.05) is 25.2 Å². The summed E-state index contributed by atoms with van der Waals surface area (Å²) in [4.78, 5) is 2.59. The molecule has 1 saturated carbocycles. The Morgan fingerprint density at radius 3 is 2.47 bits per heavy atom. The molecule has 2 fully saturated rings. The number of ether oxygens (including phenoxy) is 1. The van der Waals surface area contributed by atoms with Crippen LogP contribution >= 0.6 is 0 Å². The highest BCUT2D eigenvalue weighted by molar-refractivity contribution is 4.81. The van der Waals surface area contributed by atoms with Gasteiger partial charge in [-0.1, -0.05) is 0 Å². The van der Waals surface area contributed by atoms with E-state index in [4.69, 9.17) is 4.74 Å². The summed E-state index contributed by atoms with van der Waals surface area (Å²) in [5.74, 6) is 0. The second kappa shape index (κ2) is 6.17. The molecule has 1 unspecified atom stereocenters. The van der Waals surface area contributed by atoms with Crippen molar-refractivity contribution in [1.29, 1.82) is 0 Å². The number of hydrogen-bond acceptors (Lipinski definition) is 3. The van der Waals surface area contributed by atoms with Crippen LogP contribution in [0.25, 0.3) is 0 Å². The molecule has 1 heterocycles. The van der Waals surface area contributed by atoms with Crippen molar-refractivity contribution in [3.05, 3.63) is 0 Å². The lowest BCUT2D eigenvalue weighted by molar-refractivity contribution is -0.0792. The standard InChI is InChI=1S/C14H28N2O/c1-11(5-4-8-15-14-6-7-14)16-9-12(2)17-13(3)10-16/h11-15H,4-10H2,1-3H3/t11?,12-,13+. The zero-order chi connectivity index (χ0) is 12.3. The fourth-order valence-electron chi connectivity index (χ4n) is 2.75. The fraction of sp³-hybridized carbons (Fsp3) is 1.00. The smallest absolute Gasteiger partial charge is 0.0678 e. The number of rotatable bonds is 6. The van der Waals surface area contributed by atoms with Crippen molar-refractivity contribution in [3.63, 3.8) is 0 Å². The van der Waals surface area contributed by atoms with Gasteiger partial charge in [0.2, 0.25) is 0 Å². The summed E-state index contributed by atoms with van der Waals surface area (Å²) in [6.07, 6.45) is 6.19. The Balaban J connectivity index is 1.61. The van der Waals surface area contributed by atoms with E-state index >= 15 is 0 Å². The topological polar surface area (TPSA) is 24.5 Å². The first kappa shape index (κ1) is 13.3. The van der Waals surface area contributed by atoms with Gasteiger partial charge in [0.1, 0.15) is 0 Å². The number of nitrogens with one attached hydrogen (secondary N) is 1. The normalized spacial score (nSPS) is 32.6. The third-order valence-corrected chi connectivity index (χ3v) is 3.88. The second-order valence-electron chi connectivity index (χ2n) is 5.93. The summed E-state index contributed by atoms with van der Waals surface area (Å²) in [5, 5.41) is 3.59. The van der Waals surface area contributed by atoms with E-state index in [0.29, 0.717) is 18.2 Å². The molecule has 0 amide bonds. The second-order valence-corrected chi connectivity index (χ2v) is 5.93. The highest BCUT2D eigenvalue weighted by atomic mass is 16.5. The van der Waals surface area contributed by atoms with Gasteiger partial charge in [0.05, 0.1) is 12.2 Å². The Bertz CT molecular complexity index is 220. The molecular formula is C14H28N2O. The number of morpholine rings is 1. The maximum absolute atomic E-state index is 5.78. The van der Waals surface area contributed by atoms with Crippen LogP contribution in [0, 0.1) is 0 Å². The molecule has 0 aromatic heterocycles. The van der Waals surface area contributed by atoms with Crippen molar-refractivity contribution in [3.8, 4) is 0 Å². The third-order valence-electron chi connectivity index (χ3n) is 3.88. The summed E-state index contributed by atoms with van der Waals surface area (Å²) in [7, 11) is 0. The average molecular weight is 240 g/mol. The highest BCUT2D eigenvalue weighted by Gasteiger charge is 2.25. The van der Waals surface area contributed by atoms with Crippen LogP contribution in [0.1, 0.15) is 46.5 Å². The Morgan fingerprint density at radius 1 is 1.24 bits per heavy atom. The minimum Gasteiger partial charge on any atom is -0.373 e. The van der Waals surface area contributed by atoms with E-state index in [1.807, 2.05) is 0 Å². The van der Waals surface area contributed by atoms with E-state index in [-0.39, 0.29) is 0 Å². The molecule has 3 heteroatoms. The Morgan fingerprint density at radius 2 is 1.88 bits per heavy atom. The number of hydrogen-bond donors (Lipinski definition) is 1. The molecule has 100 valence electrons. The monoisotopic (exact) mass is 240 g/mol. The maximum Gasteiger partial charge on any atom is 0.0678 e. The van der Waals surface area contributed by atoms with Crippen LogP contribution in [0.4, 0.5) is 0 Å². The fourth-order valence-corrected chi connectivity index (χ4v) is 2.75. The van der Waals surface area contributed by atoms with E-state index < -0.39 is 0 Å². The molecule has 17 heavy (non-hydrogen) atoms. The van der Waals surface area contributed by atoms with Gasteiger partial charge < -0.3 is 10.1 Å². The molecule has 3 nitrogen and oxygen atoms in total. The molecule has 0 radical (unpaired) electrons.